The van der Waals surface area contributed by atoms with Gasteiger partial charge in [0.15, 0.2) is 16.3 Å². The largest absolute Gasteiger partial charge is 0.493 e. The van der Waals surface area contributed by atoms with Crippen molar-refractivity contribution < 1.29 is 19.0 Å². The van der Waals surface area contributed by atoms with Gasteiger partial charge in [-0.3, -0.25) is 9.36 Å². The van der Waals surface area contributed by atoms with Crippen LogP contribution in [0.25, 0.3) is 6.08 Å². The van der Waals surface area contributed by atoms with Gasteiger partial charge in [0.05, 0.1) is 34.5 Å². The molecule has 39 heavy (non-hydrogen) atoms. The normalized spacial score (nSPS) is 15.1. The lowest BCUT2D eigenvalue weighted by molar-refractivity contribution is -0.139. The molecule has 0 saturated carbocycles. The van der Waals surface area contributed by atoms with Crippen LogP contribution in [0.15, 0.2) is 81.0 Å². The van der Waals surface area contributed by atoms with Crippen molar-refractivity contribution in [3.05, 3.63) is 112 Å². The Morgan fingerprint density at radius 1 is 1.18 bits per heavy atom. The molecule has 0 fully saturated rings. The molecule has 5 rings (SSSR count). The molecule has 0 spiro atoms. The molecule has 2 aromatic heterocycles. The fraction of sp³-hybridized carbons (Fsp3) is 0.207. The van der Waals surface area contributed by atoms with Gasteiger partial charge in [0.25, 0.3) is 5.56 Å². The van der Waals surface area contributed by atoms with Crippen LogP contribution < -0.4 is 24.4 Å². The summed E-state index contributed by atoms with van der Waals surface area (Å²) in [6, 6.07) is 16.4. The lowest BCUT2D eigenvalue weighted by atomic mass is 10.0. The van der Waals surface area contributed by atoms with Gasteiger partial charge in [0.2, 0.25) is 0 Å². The van der Waals surface area contributed by atoms with Gasteiger partial charge in [0, 0.05) is 4.88 Å². The number of thiophene rings is 1. The summed E-state index contributed by atoms with van der Waals surface area (Å²) < 4.78 is 18.9. The first-order chi connectivity index (χ1) is 18.9. The Kier molecular flexibility index (Phi) is 8.02. The van der Waals surface area contributed by atoms with Crippen LogP contribution in [0.1, 0.15) is 35.9 Å². The van der Waals surface area contributed by atoms with Crippen molar-refractivity contribution in [1.82, 2.24) is 4.57 Å². The van der Waals surface area contributed by atoms with Gasteiger partial charge in [0.1, 0.15) is 12.6 Å². The molecule has 10 heteroatoms. The second-order valence-electron chi connectivity index (χ2n) is 8.63. The SMILES string of the molecule is CCOC(=O)C1=C(C)N=c2s/c(=C\c3cc(Cl)c(OCc4ccccc4)c(OC)c3)c(=O)n2[C@H]1c1cccs1. The highest BCUT2D eigenvalue weighted by atomic mass is 35.5. The van der Waals surface area contributed by atoms with Gasteiger partial charge in [-0.05, 0) is 54.6 Å². The fourth-order valence-corrected chi connectivity index (χ4v) is 6.50. The summed E-state index contributed by atoms with van der Waals surface area (Å²) in [6.07, 6.45) is 1.74. The van der Waals surface area contributed by atoms with E-state index in [1.54, 1.807) is 43.7 Å². The number of allylic oxidation sites excluding steroid dienone is 1. The number of hydrogen-bond acceptors (Lipinski definition) is 8. The smallest absolute Gasteiger partial charge is 0.338 e. The number of nitrogens with zero attached hydrogens (tertiary/aromatic N) is 2. The minimum absolute atomic E-state index is 0.227. The monoisotopic (exact) mass is 580 g/mol. The molecule has 0 saturated heterocycles. The quantitative estimate of drug-likeness (QED) is 0.271. The van der Waals surface area contributed by atoms with Crippen LogP contribution in [-0.2, 0) is 16.1 Å². The fourth-order valence-electron chi connectivity index (χ4n) is 4.35. The van der Waals surface area contributed by atoms with Crippen LogP contribution in [0.4, 0.5) is 0 Å². The molecule has 1 aliphatic heterocycles. The van der Waals surface area contributed by atoms with E-state index in [4.69, 9.17) is 25.8 Å². The van der Waals surface area contributed by atoms with Crippen LogP contribution >= 0.6 is 34.3 Å². The molecule has 0 N–H and O–H groups in total. The van der Waals surface area contributed by atoms with E-state index in [9.17, 15) is 9.59 Å². The van der Waals surface area contributed by atoms with Gasteiger partial charge >= 0.3 is 5.97 Å². The first-order valence-electron chi connectivity index (χ1n) is 12.2. The van der Waals surface area contributed by atoms with E-state index >= 15 is 0 Å². The van der Waals surface area contributed by atoms with Gasteiger partial charge in [-0.2, -0.15) is 0 Å². The highest BCUT2D eigenvalue weighted by molar-refractivity contribution is 7.10. The maximum absolute atomic E-state index is 13.7. The van der Waals surface area contributed by atoms with Crippen LogP contribution in [0, 0.1) is 0 Å². The lowest BCUT2D eigenvalue weighted by Gasteiger charge is -2.23. The van der Waals surface area contributed by atoms with Gasteiger partial charge < -0.3 is 14.2 Å². The van der Waals surface area contributed by atoms with Crippen molar-refractivity contribution in [2.45, 2.75) is 26.5 Å². The average molecular weight is 581 g/mol. The highest BCUT2D eigenvalue weighted by Crippen LogP contribution is 2.37. The first-order valence-corrected chi connectivity index (χ1v) is 14.3. The molecule has 0 unspecified atom stereocenters. The number of carbonyl (C=O) groups is 1. The van der Waals surface area contributed by atoms with Crippen molar-refractivity contribution in [2.75, 3.05) is 13.7 Å². The maximum Gasteiger partial charge on any atom is 0.338 e. The molecule has 4 aromatic rings. The number of methoxy groups -OCH3 is 1. The van der Waals surface area contributed by atoms with Gasteiger partial charge in [-0.25, -0.2) is 9.79 Å². The number of ether oxygens (including phenoxy) is 3. The molecule has 3 heterocycles. The Morgan fingerprint density at radius 2 is 1.97 bits per heavy atom. The molecule has 7 nitrogen and oxygen atoms in total. The van der Waals surface area contributed by atoms with Crippen molar-refractivity contribution in [2.24, 2.45) is 4.99 Å². The first kappa shape index (κ1) is 26.9. The van der Waals surface area contributed by atoms with Crippen LogP contribution in [0.3, 0.4) is 0 Å². The van der Waals surface area contributed by atoms with Crippen molar-refractivity contribution in [3.8, 4) is 11.5 Å². The number of hydrogen-bond donors (Lipinski definition) is 0. The average Bonchev–Trinajstić information content (AvgIpc) is 3.56. The Hall–Kier alpha value is -3.66. The summed E-state index contributed by atoms with van der Waals surface area (Å²) in [7, 11) is 1.54. The number of carbonyl (C=O) groups excluding carboxylic acids is 1. The highest BCUT2D eigenvalue weighted by Gasteiger charge is 2.33. The number of halogens is 1. The number of benzene rings is 2. The minimum atomic E-state index is -0.616. The summed E-state index contributed by atoms with van der Waals surface area (Å²) in [6.45, 7) is 4.08. The van der Waals surface area contributed by atoms with E-state index in [-0.39, 0.29) is 12.2 Å². The maximum atomic E-state index is 13.7. The van der Waals surface area contributed by atoms with Crippen LogP contribution in [0.2, 0.25) is 5.02 Å². The third-order valence-corrected chi connectivity index (χ3v) is 8.29. The second-order valence-corrected chi connectivity index (χ2v) is 11.0. The topological polar surface area (TPSA) is 79.1 Å². The molecular formula is C29H25ClN2O5S2. The minimum Gasteiger partial charge on any atom is -0.493 e. The summed E-state index contributed by atoms with van der Waals surface area (Å²) >= 11 is 9.32. The third-order valence-electron chi connectivity index (χ3n) is 6.11. The molecule has 0 radical (unpaired) electrons. The zero-order valence-electron chi connectivity index (χ0n) is 21.5. The molecule has 2 aromatic carbocycles. The second kappa shape index (κ2) is 11.6. The number of aromatic nitrogens is 1. The zero-order valence-corrected chi connectivity index (χ0v) is 23.9. The zero-order chi connectivity index (χ0) is 27.5. The summed E-state index contributed by atoms with van der Waals surface area (Å²) in [5, 5.41) is 2.28. The number of rotatable bonds is 8. The molecular weight excluding hydrogens is 556 g/mol. The Balaban J connectivity index is 1.56. The lowest BCUT2D eigenvalue weighted by Crippen LogP contribution is -2.39. The van der Waals surface area contributed by atoms with E-state index < -0.39 is 12.0 Å². The molecule has 1 atom stereocenters. The molecule has 200 valence electrons. The van der Waals surface area contributed by atoms with E-state index in [1.165, 1.54) is 22.7 Å². The molecule has 0 bridgehead atoms. The third kappa shape index (κ3) is 5.43. The molecule has 1 aliphatic rings. The van der Waals surface area contributed by atoms with Gasteiger partial charge in [-0.1, -0.05) is 59.3 Å². The summed E-state index contributed by atoms with van der Waals surface area (Å²) in [4.78, 5) is 32.6. The predicted molar refractivity (Wildman–Crippen MR) is 153 cm³/mol. The Labute approximate surface area is 237 Å². The van der Waals surface area contributed by atoms with Crippen LogP contribution in [-0.4, -0.2) is 24.3 Å². The predicted octanol–water partition coefficient (Wildman–Crippen LogP) is 5.10. The summed E-state index contributed by atoms with van der Waals surface area (Å²) in [5.74, 6) is 0.400. The van der Waals surface area contributed by atoms with Crippen molar-refractivity contribution in [1.29, 1.82) is 0 Å². The Bertz CT molecular complexity index is 1720. The number of thiazole rings is 1. The van der Waals surface area contributed by atoms with Gasteiger partial charge in [-0.15, -0.1) is 11.3 Å². The Morgan fingerprint density at radius 3 is 2.67 bits per heavy atom. The van der Waals surface area contributed by atoms with E-state index in [1.807, 2.05) is 47.8 Å². The standard InChI is InChI=1S/C29H25ClN2O5S2/c1-4-36-28(34)24-17(2)31-29-32(25(24)22-11-8-12-38-22)27(33)23(39-29)15-19-13-20(30)26(21(14-19)35-3)37-16-18-9-6-5-7-10-18/h5-15,25H,4,16H2,1-3H3/b23-15-/t25-/m0/s1. The molecule has 0 aliphatic carbocycles. The van der Waals surface area contributed by atoms with E-state index in [0.717, 1.165) is 10.4 Å². The molecule has 0 amide bonds. The van der Waals surface area contributed by atoms with E-state index in [0.29, 0.717) is 49.3 Å². The number of fused-ring (bicyclic) bond motifs is 1. The van der Waals surface area contributed by atoms with Crippen molar-refractivity contribution in [3.63, 3.8) is 0 Å². The number of esters is 1. The van der Waals surface area contributed by atoms with E-state index in [2.05, 4.69) is 4.99 Å². The van der Waals surface area contributed by atoms with Crippen molar-refractivity contribution >= 4 is 46.3 Å². The van der Waals surface area contributed by atoms with Crippen LogP contribution in [0.5, 0.6) is 11.5 Å². The summed E-state index contributed by atoms with van der Waals surface area (Å²) in [5.41, 5.74) is 2.31.